The molecule has 1 amide bonds. The van der Waals surface area contributed by atoms with Crippen molar-refractivity contribution in [3.8, 4) is 5.75 Å². The van der Waals surface area contributed by atoms with Crippen molar-refractivity contribution in [3.63, 3.8) is 0 Å². The molecule has 1 heterocycles. The van der Waals surface area contributed by atoms with E-state index in [9.17, 15) is 9.18 Å². The van der Waals surface area contributed by atoms with E-state index >= 15 is 0 Å². The summed E-state index contributed by atoms with van der Waals surface area (Å²) < 4.78 is 23.6. The van der Waals surface area contributed by atoms with Crippen LogP contribution in [0, 0.1) is 5.82 Å². The van der Waals surface area contributed by atoms with Gasteiger partial charge in [0.05, 0.1) is 13.4 Å². The zero-order valence-corrected chi connectivity index (χ0v) is 11.4. The van der Waals surface area contributed by atoms with Crippen LogP contribution in [0.2, 0.25) is 0 Å². The highest BCUT2D eigenvalue weighted by atomic mass is 19.1. The van der Waals surface area contributed by atoms with Gasteiger partial charge in [-0.15, -0.1) is 0 Å². The summed E-state index contributed by atoms with van der Waals surface area (Å²) in [4.78, 5) is 13.7. The Bertz CT molecular complexity index is 581. The van der Waals surface area contributed by atoms with Crippen molar-refractivity contribution in [3.05, 3.63) is 53.7 Å². The maximum atomic E-state index is 13.6. The van der Waals surface area contributed by atoms with Crippen LogP contribution >= 0.6 is 0 Å². The fourth-order valence-electron chi connectivity index (χ4n) is 1.91. The van der Waals surface area contributed by atoms with Gasteiger partial charge in [0.2, 0.25) is 0 Å². The summed E-state index contributed by atoms with van der Waals surface area (Å²) in [6, 6.07) is 7.93. The summed E-state index contributed by atoms with van der Waals surface area (Å²) >= 11 is 0. The van der Waals surface area contributed by atoms with E-state index in [0.717, 1.165) is 0 Å². The Kier molecular flexibility index (Phi) is 4.40. The summed E-state index contributed by atoms with van der Waals surface area (Å²) in [7, 11) is 1.41. The molecule has 0 aliphatic carbocycles. The number of hydrogen-bond donors (Lipinski definition) is 0. The third-order valence-corrected chi connectivity index (χ3v) is 2.99. The standard InChI is InChI=1S/C15H16FNO3/c1-3-17(15(18)14-5-4-8-20-14)10-11-6-7-13(19-2)12(16)9-11/h4-9H,3,10H2,1-2H3. The van der Waals surface area contributed by atoms with Crippen LogP contribution in [0.5, 0.6) is 5.75 Å². The Morgan fingerprint density at radius 3 is 2.75 bits per heavy atom. The van der Waals surface area contributed by atoms with E-state index in [2.05, 4.69) is 0 Å². The molecule has 0 aliphatic rings. The molecule has 1 aromatic carbocycles. The normalized spacial score (nSPS) is 10.3. The molecule has 20 heavy (non-hydrogen) atoms. The lowest BCUT2D eigenvalue weighted by molar-refractivity contribution is 0.0720. The van der Waals surface area contributed by atoms with E-state index in [1.807, 2.05) is 6.92 Å². The molecule has 2 aromatic rings. The molecule has 5 heteroatoms. The minimum absolute atomic E-state index is 0.189. The molecule has 106 valence electrons. The fourth-order valence-corrected chi connectivity index (χ4v) is 1.91. The number of furan rings is 1. The number of amides is 1. The molecule has 4 nitrogen and oxygen atoms in total. The van der Waals surface area contributed by atoms with Gasteiger partial charge in [-0.1, -0.05) is 6.07 Å². The number of benzene rings is 1. The van der Waals surface area contributed by atoms with Gasteiger partial charge in [0, 0.05) is 13.1 Å². The number of carbonyl (C=O) groups is 1. The second kappa shape index (κ2) is 6.23. The highest BCUT2D eigenvalue weighted by molar-refractivity contribution is 5.91. The topological polar surface area (TPSA) is 42.7 Å². The van der Waals surface area contributed by atoms with Gasteiger partial charge in [0.1, 0.15) is 0 Å². The molecular formula is C15H16FNO3. The molecular weight excluding hydrogens is 261 g/mol. The Hall–Kier alpha value is -2.30. The number of halogens is 1. The zero-order valence-electron chi connectivity index (χ0n) is 11.4. The highest BCUT2D eigenvalue weighted by Gasteiger charge is 2.17. The van der Waals surface area contributed by atoms with Crippen LogP contribution in [-0.4, -0.2) is 24.5 Å². The van der Waals surface area contributed by atoms with Gasteiger partial charge in [-0.2, -0.15) is 0 Å². The van der Waals surface area contributed by atoms with Gasteiger partial charge < -0.3 is 14.1 Å². The Balaban J connectivity index is 2.14. The quantitative estimate of drug-likeness (QED) is 0.843. The minimum Gasteiger partial charge on any atom is -0.494 e. The summed E-state index contributed by atoms with van der Waals surface area (Å²) in [5.41, 5.74) is 0.699. The molecule has 0 aliphatic heterocycles. The number of hydrogen-bond acceptors (Lipinski definition) is 3. The number of rotatable bonds is 5. The first-order valence-electron chi connectivity index (χ1n) is 6.31. The van der Waals surface area contributed by atoms with Crippen molar-refractivity contribution in [1.82, 2.24) is 4.90 Å². The van der Waals surface area contributed by atoms with Crippen LogP contribution in [0.4, 0.5) is 4.39 Å². The average Bonchev–Trinajstić information content (AvgIpc) is 2.98. The van der Waals surface area contributed by atoms with Crippen molar-refractivity contribution >= 4 is 5.91 Å². The lowest BCUT2D eigenvalue weighted by Crippen LogP contribution is -2.30. The van der Waals surface area contributed by atoms with Gasteiger partial charge in [-0.05, 0) is 36.8 Å². The summed E-state index contributed by atoms with van der Waals surface area (Å²) in [6.07, 6.45) is 1.45. The van der Waals surface area contributed by atoms with Crippen LogP contribution in [0.1, 0.15) is 23.0 Å². The van der Waals surface area contributed by atoms with Gasteiger partial charge in [0.25, 0.3) is 5.91 Å². The maximum Gasteiger partial charge on any atom is 0.289 e. The molecule has 0 radical (unpaired) electrons. The van der Waals surface area contributed by atoms with Gasteiger partial charge in [-0.25, -0.2) is 4.39 Å². The van der Waals surface area contributed by atoms with Crippen LogP contribution in [0.25, 0.3) is 0 Å². The first kappa shape index (κ1) is 14.1. The van der Waals surface area contributed by atoms with E-state index in [0.29, 0.717) is 18.7 Å². The number of methoxy groups -OCH3 is 1. The summed E-state index contributed by atoms with van der Waals surface area (Å²) in [5.74, 6) is -0.185. The average molecular weight is 277 g/mol. The van der Waals surface area contributed by atoms with Crippen LogP contribution in [-0.2, 0) is 6.54 Å². The van der Waals surface area contributed by atoms with E-state index < -0.39 is 5.82 Å². The Labute approximate surface area is 116 Å². The molecule has 0 saturated carbocycles. The number of ether oxygens (including phenoxy) is 1. The monoisotopic (exact) mass is 277 g/mol. The predicted molar refractivity (Wildman–Crippen MR) is 72.1 cm³/mol. The van der Waals surface area contributed by atoms with Crippen LogP contribution in [0.3, 0.4) is 0 Å². The van der Waals surface area contributed by atoms with Crippen molar-refractivity contribution in [1.29, 1.82) is 0 Å². The first-order chi connectivity index (χ1) is 9.65. The third-order valence-electron chi connectivity index (χ3n) is 2.99. The smallest absolute Gasteiger partial charge is 0.289 e. The zero-order chi connectivity index (χ0) is 14.5. The molecule has 0 bridgehead atoms. The molecule has 0 fully saturated rings. The van der Waals surface area contributed by atoms with Crippen LogP contribution in [0.15, 0.2) is 41.0 Å². The lowest BCUT2D eigenvalue weighted by atomic mass is 10.2. The minimum atomic E-state index is -0.438. The summed E-state index contributed by atoms with van der Waals surface area (Å²) in [6.45, 7) is 2.69. The molecule has 0 N–H and O–H groups in total. The maximum absolute atomic E-state index is 13.6. The van der Waals surface area contributed by atoms with E-state index in [-0.39, 0.29) is 17.4 Å². The highest BCUT2D eigenvalue weighted by Crippen LogP contribution is 2.19. The molecule has 0 unspecified atom stereocenters. The second-order valence-electron chi connectivity index (χ2n) is 4.27. The Morgan fingerprint density at radius 1 is 1.40 bits per heavy atom. The second-order valence-corrected chi connectivity index (χ2v) is 4.27. The third kappa shape index (κ3) is 2.99. The van der Waals surface area contributed by atoms with Gasteiger partial charge in [-0.3, -0.25) is 4.79 Å². The van der Waals surface area contributed by atoms with Crippen molar-refractivity contribution < 1.29 is 18.3 Å². The van der Waals surface area contributed by atoms with Crippen molar-refractivity contribution in [2.24, 2.45) is 0 Å². The summed E-state index contributed by atoms with van der Waals surface area (Å²) in [5, 5.41) is 0. The van der Waals surface area contributed by atoms with E-state index in [1.54, 1.807) is 29.2 Å². The largest absolute Gasteiger partial charge is 0.494 e. The molecule has 0 saturated heterocycles. The van der Waals surface area contributed by atoms with Crippen molar-refractivity contribution in [2.75, 3.05) is 13.7 Å². The fraction of sp³-hybridized carbons (Fsp3) is 0.267. The van der Waals surface area contributed by atoms with Gasteiger partial charge in [0.15, 0.2) is 17.3 Å². The molecule has 1 aromatic heterocycles. The first-order valence-corrected chi connectivity index (χ1v) is 6.31. The SMILES string of the molecule is CCN(Cc1ccc(OC)c(F)c1)C(=O)c1ccco1. The Morgan fingerprint density at radius 2 is 2.20 bits per heavy atom. The predicted octanol–water partition coefficient (Wildman–Crippen LogP) is 3.09. The van der Waals surface area contributed by atoms with Crippen molar-refractivity contribution in [2.45, 2.75) is 13.5 Å². The van der Waals surface area contributed by atoms with Gasteiger partial charge >= 0.3 is 0 Å². The lowest BCUT2D eigenvalue weighted by Gasteiger charge is -2.20. The number of carbonyl (C=O) groups excluding carboxylic acids is 1. The molecule has 0 spiro atoms. The molecule has 0 atom stereocenters. The number of nitrogens with zero attached hydrogens (tertiary/aromatic N) is 1. The van der Waals surface area contributed by atoms with Crippen LogP contribution < -0.4 is 4.74 Å². The molecule has 2 rings (SSSR count). The van der Waals surface area contributed by atoms with E-state index in [1.165, 1.54) is 19.4 Å². The van der Waals surface area contributed by atoms with E-state index in [4.69, 9.17) is 9.15 Å².